The van der Waals surface area contributed by atoms with Crippen molar-refractivity contribution in [3.63, 3.8) is 0 Å². The number of hydrogen-bond acceptors (Lipinski definition) is 3. The van der Waals surface area contributed by atoms with Crippen LogP contribution in [-0.2, 0) is 4.79 Å². The zero-order chi connectivity index (χ0) is 14.4. The Kier molecular flexibility index (Phi) is 5.36. The number of nitrogens with one attached hydrogen (secondary N) is 2. The van der Waals surface area contributed by atoms with Crippen LogP contribution in [0.1, 0.15) is 29.8 Å². The van der Waals surface area contributed by atoms with Gasteiger partial charge in [0.1, 0.15) is 0 Å². The Morgan fingerprint density at radius 1 is 1.32 bits per heavy atom. The highest BCUT2D eigenvalue weighted by atomic mass is 16.4. The summed E-state index contributed by atoms with van der Waals surface area (Å²) in [6.45, 7) is 6.52. The first kappa shape index (κ1) is 15.0. The molecule has 5 heteroatoms. The molecule has 0 spiro atoms. The number of anilines is 1. The first-order valence-corrected chi connectivity index (χ1v) is 6.24. The number of benzene rings is 1. The van der Waals surface area contributed by atoms with Gasteiger partial charge in [0.15, 0.2) is 0 Å². The van der Waals surface area contributed by atoms with Gasteiger partial charge in [0, 0.05) is 12.2 Å². The van der Waals surface area contributed by atoms with Crippen molar-refractivity contribution < 1.29 is 14.7 Å². The van der Waals surface area contributed by atoms with Crippen LogP contribution in [0.25, 0.3) is 0 Å². The second-order valence-electron chi connectivity index (χ2n) is 4.91. The molecule has 0 aliphatic heterocycles. The first-order valence-electron chi connectivity index (χ1n) is 6.24. The topological polar surface area (TPSA) is 78.4 Å². The van der Waals surface area contributed by atoms with Gasteiger partial charge in [-0.1, -0.05) is 25.5 Å². The van der Waals surface area contributed by atoms with E-state index in [1.807, 2.05) is 20.8 Å². The molecule has 3 N–H and O–H groups in total. The third-order valence-electron chi connectivity index (χ3n) is 2.55. The lowest BCUT2D eigenvalue weighted by Gasteiger charge is -2.11. The summed E-state index contributed by atoms with van der Waals surface area (Å²) in [6.07, 6.45) is 0. The largest absolute Gasteiger partial charge is 0.478 e. The Hall–Kier alpha value is -2.04. The molecule has 0 aromatic heterocycles. The lowest BCUT2D eigenvalue weighted by atomic mass is 10.1. The van der Waals surface area contributed by atoms with Crippen molar-refractivity contribution in [1.29, 1.82) is 0 Å². The van der Waals surface area contributed by atoms with E-state index in [0.29, 0.717) is 18.2 Å². The van der Waals surface area contributed by atoms with Crippen molar-refractivity contribution in [3.05, 3.63) is 29.3 Å². The average molecular weight is 264 g/mol. The highest BCUT2D eigenvalue weighted by molar-refractivity contribution is 5.95. The smallest absolute Gasteiger partial charge is 0.337 e. The van der Waals surface area contributed by atoms with Crippen LogP contribution >= 0.6 is 0 Å². The molecular weight excluding hydrogens is 244 g/mol. The van der Waals surface area contributed by atoms with E-state index < -0.39 is 5.97 Å². The molecule has 0 unspecified atom stereocenters. The molecule has 0 saturated heterocycles. The van der Waals surface area contributed by atoms with Gasteiger partial charge < -0.3 is 15.7 Å². The fourth-order valence-corrected chi connectivity index (χ4v) is 1.55. The predicted molar refractivity (Wildman–Crippen MR) is 74.5 cm³/mol. The monoisotopic (exact) mass is 264 g/mol. The van der Waals surface area contributed by atoms with E-state index in [2.05, 4.69) is 10.6 Å². The van der Waals surface area contributed by atoms with Crippen LogP contribution in [0.2, 0.25) is 0 Å². The summed E-state index contributed by atoms with van der Waals surface area (Å²) in [7, 11) is 0. The SMILES string of the molecule is Cc1ccc(NCC(=O)NCC(C)C)c(C(=O)O)c1. The van der Waals surface area contributed by atoms with Crippen molar-refractivity contribution >= 4 is 17.6 Å². The van der Waals surface area contributed by atoms with Gasteiger partial charge in [0.25, 0.3) is 0 Å². The molecule has 19 heavy (non-hydrogen) atoms. The van der Waals surface area contributed by atoms with Crippen LogP contribution in [0.5, 0.6) is 0 Å². The van der Waals surface area contributed by atoms with Crippen molar-refractivity contribution in [2.45, 2.75) is 20.8 Å². The van der Waals surface area contributed by atoms with Gasteiger partial charge in [0.2, 0.25) is 5.91 Å². The third-order valence-corrected chi connectivity index (χ3v) is 2.55. The van der Waals surface area contributed by atoms with Gasteiger partial charge in [-0.05, 0) is 25.0 Å². The lowest BCUT2D eigenvalue weighted by Crippen LogP contribution is -2.32. The lowest BCUT2D eigenvalue weighted by molar-refractivity contribution is -0.119. The first-order chi connectivity index (χ1) is 8.90. The maximum Gasteiger partial charge on any atom is 0.337 e. The molecule has 0 aliphatic carbocycles. The minimum atomic E-state index is -1.01. The fourth-order valence-electron chi connectivity index (χ4n) is 1.55. The Labute approximate surface area is 113 Å². The van der Waals surface area contributed by atoms with Crippen molar-refractivity contribution in [2.75, 3.05) is 18.4 Å². The standard InChI is InChI=1S/C14H20N2O3/c1-9(2)7-16-13(17)8-15-12-5-4-10(3)6-11(12)14(18)19/h4-6,9,15H,7-8H2,1-3H3,(H,16,17)(H,18,19). The number of carbonyl (C=O) groups is 2. The summed E-state index contributed by atoms with van der Waals surface area (Å²) in [6, 6.07) is 5.06. The van der Waals surface area contributed by atoms with E-state index in [0.717, 1.165) is 5.56 Å². The number of amides is 1. The predicted octanol–water partition coefficient (Wildman–Crippen LogP) is 1.88. The molecule has 1 aromatic carbocycles. The van der Waals surface area contributed by atoms with Gasteiger partial charge in [-0.2, -0.15) is 0 Å². The fraction of sp³-hybridized carbons (Fsp3) is 0.429. The molecule has 0 fully saturated rings. The molecule has 1 rings (SSSR count). The summed E-state index contributed by atoms with van der Waals surface area (Å²) in [5.41, 5.74) is 1.50. The highest BCUT2D eigenvalue weighted by Gasteiger charge is 2.11. The van der Waals surface area contributed by atoms with E-state index in [4.69, 9.17) is 5.11 Å². The Morgan fingerprint density at radius 2 is 2.00 bits per heavy atom. The summed E-state index contributed by atoms with van der Waals surface area (Å²) in [5.74, 6) is -0.766. The number of aryl methyl sites for hydroxylation is 1. The zero-order valence-corrected chi connectivity index (χ0v) is 11.5. The molecule has 0 aliphatic rings. The second-order valence-corrected chi connectivity index (χ2v) is 4.91. The van der Waals surface area contributed by atoms with Gasteiger partial charge in [-0.15, -0.1) is 0 Å². The molecule has 0 atom stereocenters. The zero-order valence-electron chi connectivity index (χ0n) is 11.5. The number of carbonyl (C=O) groups excluding carboxylic acids is 1. The van der Waals surface area contributed by atoms with Gasteiger partial charge in [-0.25, -0.2) is 4.79 Å². The van der Waals surface area contributed by atoms with Crippen LogP contribution in [0.15, 0.2) is 18.2 Å². The minimum absolute atomic E-state index is 0.0655. The molecule has 104 valence electrons. The Balaban J connectivity index is 2.62. The number of hydrogen-bond donors (Lipinski definition) is 3. The number of rotatable bonds is 6. The molecule has 0 radical (unpaired) electrons. The van der Waals surface area contributed by atoms with Crippen LogP contribution in [0, 0.1) is 12.8 Å². The third kappa shape index (κ3) is 4.99. The van der Waals surface area contributed by atoms with Crippen molar-refractivity contribution in [1.82, 2.24) is 5.32 Å². The van der Waals surface area contributed by atoms with E-state index in [1.54, 1.807) is 18.2 Å². The number of aromatic carboxylic acids is 1. The maximum atomic E-state index is 11.5. The quantitative estimate of drug-likeness (QED) is 0.733. The normalized spacial score (nSPS) is 10.3. The van der Waals surface area contributed by atoms with Gasteiger partial charge in [-0.3, -0.25) is 4.79 Å². The van der Waals surface area contributed by atoms with Gasteiger partial charge in [0.05, 0.1) is 12.1 Å². The summed E-state index contributed by atoms with van der Waals surface area (Å²) in [4.78, 5) is 22.6. The molecular formula is C14H20N2O3. The Morgan fingerprint density at radius 3 is 2.58 bits per heavy atom. The second kappa shape index (κ2) is 6.78. The van der Waals surface area contributed by atoms with Crippen LogP contribution in [0.3, 0.4) is 0 Å². The van der Waals surface area contributed by atoms with Crippen LogP contribution in [0.4, 0.5) is 5.69 Å². The maximum absolute atomic E-state index is 11.5. The molecule has 5 nitrogen and oxygen atoms in total. The molecule has 1 amide bonds. The highest BCUT2D eigenvalue weighted by Crippen LogP contribution is 2.17. The number of carboxylic acids is 1. The molecule has 0 saturated carbocycles. The van der Waals surface area contributed by atoms with E-state index in [-0.39, 0.29) is 18.0 Å². The van der Waals surface area contributed by atoms with Gasteiger partial charge >= 0.3 is 5.97 Å². The van der Waals surface area contributed by atoms with Crippen LogP contribution < -0.4 is 10.6 Å². The summed E-state index contributed by atoms with van der Waals surface area (Å²) in [5, 5.41) is 14.7. The molecule has 1 aromatic rings. The summed E-state index contributed by atoms with van der Waals surface area (Å²) < 4.78 is 0. The average Bonchev–Trinajstić information content (AvgIpc) is 2.34. The summed E-state index contributed by atoms with van der Waals surface area (Å²) >= 11 is 0. The van der Waals surface area contributed by atoms with E-state index in [1.165, 1.54) is 0 Å². The van der Waals surface area contributed by atoms with Crippen LogP contribution in [-0.4, -0.2) is 30.1 Å². The number of carboxylic acid groups (broad SMARTS) is 1. The Bertz CT molecular complexity index is 470. The minimum Gasteiger partial charge on any atom is -0.478 e. The molecule has 0 bridgehead atoms. The van der Waals surface area contributed by atoms with Crippen molar-refractivity contribution in [3.8, 4) is 0 Å². The van der Waals surface area contributed by atoms with E-state index >= 15 is 0 Å². The molecule has 0 heterocycles. The van der Waals surface area contributed by atoms with Crippen molar-refractivity contribution in [2.24, 2.45) is 5.92 Å². The van der Waals surface area contributed by atoms with E-state index in [9.17, 15) is 9.59 Å².